The van der Waals surface area contributed by atoms with E-state index in [4.69, 9.17) is 11.6 Å². The molecule has 2 heteroatoms. The second-order valence-corrected chi connectivity index (χ2v) is 2.87. The molecule has 12 heavy (non-hydrogen) atoms. The summed E-state index contributed by atoms with van der Waals surface area (Å²) in [6.45, 7) is 5.43. The van der Waals surface area contributed by atoms with E-state index in [2.05, 4.69) is 6.58 Å². The van der Waals surface area contributed by atoms with Crippen molar-refractivity contribution in [1.29, 1.82) is 0 Å². The van der Waals surface area contributed by atoms with Gasteiger partial charge in [-0.3, -0.25) is 0 Å². The summed E-state index contributed by atoms with van der Waals surface area (Å²) in [6.07, 6.45) is 1.65. The van der Waals surface area contributed by atoms with Gasteiger partial charge < -0.3 is 0 Å². The van der Waals surface area contributed by atoms with Crippen molar-refractivity contribution >= 4 is 11.6 Å². The third kappa shape index (κ3) is 1.67. The van der Waals surface area contributed by atoms with Crippen LogP contribution in [0.2, 0.25) is 5.02 Å². The number of rotatable bonds is 2. The second-order valence-electron chi connectivity index (χ2n) is 2.49. The van der Waals surface area contributed by atoms with Gasteiger partial charge in [-0.15, -0.1) is 6.58 Å². The van der Waals surface area contributed by atoms with Crippen LogP contribution in [0.4, 0.5) is 4.39 Å². The number of hydrogen-bond acceptors (Lipinski definition) is 0. The second kappa shape index (κ2) is 3.72. The highest BCUT2D eigenvalue weighted by molar-refractivity contribution is 6.31. The van der Waals surface area contributed by atoms with Crippen LogP contribution in [-0.4, -0.2) is 0 Å². The van der Waals surface area contributed by atoms with E-state index in [1.807, 2.05) is 6.92 Å². The largest absolute Gasteiger partial charge is 0.205 e. The summed E-state index contributed by atoms with van der Waals surface area (Å²) in [7, 11) is 0. The molecule has 1 aromatic rings. The predicted octanol–water partition coefficient (Wildman–Crippen LogP) is 3.61. The van der Waals surface area contributed by atoms with Crippen LogP contribution in [0.1, 0.15) is 12.5 Å². The lowest BCUT2D eigenvalue weighted by atomic mass is 10.0. The van der Waals surface area contributed by atoms with Gasteiger partial charge in [-0.25, -0.2) is 4.39 Å². The number of halogens is 2. The molecule has 0 N–H and O–H groups in total. The normalized spacial score (nSPS) is 10.3. The van der Waals surface area contributed by atoms with Crippen LogP contribution in [0.25, 0.3) is 0 Å². The SMILES string of the molecule is C=C[C](C)c1cccc(F)c1Cl. The third-order valence-electron chi connectivity index (χ3n) is 1.68. The maximum absolute atomic E-state index is 12.9. The maximum atomic E-state index is 12.9. The molecule has 0 nitrogen and oxygen atoms in total. The molecule has 0 saturated carbocycles. The lowest BCUT2D eigenvalue weighted by Gasteiger charge is -2.07. The molecule has 1 rings (SSSR count). The first-order chi connectivity index (χ1) is 5.66. The van der Waals surface area contributed by atoms with Crippen LogP contribution < -0.4 is 0 Å². The van der Waals surface area contributed by atoms with Crippen LogP contribution in [-0.2, 0) is 0 Å². The van der Waals surface area contributed by atoms with Crippen molar-refractivity contribution < 1.29 is 4.39 Å². The monoisotopic (exact) mass is 183 g/mol. The minimum absolute atomic E-state index is 0.162. The molecule has 63 valence electrons. The molecule has 0 aliphatic rings. The molecule has 0 aliphatic heterocycles. The first kappa shape index (κ1) is 9.27. The van der Waals surface area contributed by atoms with Crippen molar-refractivity contribution in [3.05, 3.63) is 53.2 Å². The van der Waals surface area contributed by atoms with Crippen molar-refractivity contribution in [2.24, 2.45) is 0 Å². The fourth-order valence-corrected chi connectivity index (χ4v) is 1.19. The van der Waals surface area contributed by atoms with Gasteiger partial charge in [0.15, 0.2) is 0 Å². The Morgan fingerprint density at radius 2 is 2.25 bits per heavy atom. The zero-order chi connectivity index (χ0) is 9.14. The van der Waals surface area contributed by atoms with E-state index in [0.717, 1.165) is 5.92 Å². The zero-order valence-electron chi connectivity index (χ0n) is 6.77. The number of benzene rings is 1. The highest BCUT2D eigenvalue weighted by Gasteiger charge is 2.09. The van der Waals surface area contributed by atoms with E-state index >= 15 is 0 Å². The van der Waals surface area contributed by atoms with E-state index in [0.29, 0.717) is 5.56 Å². The molecular formula is C10H9ClF. The lowest BCUT2D eigenvalue weighted by molar-refractivity contribution is 0.627. The van der Waals surface area contributed by atoms with Crippen molar-refractivity contribution in [3.63, 3.8) is 0 Å². The van der Waals surface area contributed by atoms with Gasteiger partial charge in [-0.1, -0.05) is 36.7 Å². The van der Waals surface area contributed by atoms with E-state index in [1.54, 1.807) is 18.2 Å². The van der Waals surface area contributed by atoms with Gasteiger partial charge in [-0.2, -0.15) is 0 Å². The van der Waals surface area contributed by atoms with Gasteiger partial charge in [0.25, 0.3) is 0 Å². The summed E-state index contributed by atoms with van der Waals surface area (Å²) in [4.78, 5) is 0. The summed E-state index contributed by atoms with van der Waals surface area (Å²) in [5.41, 5.74) is 0.701. The Kier molecular flexibility index (Phi) is 2.88. The molecule has 0 amide bonds. The molecule has 0 aliphatic carbocycles. The fourth-order valence-electron chi connectivity index (χ4n) is 0.918. The van der Waals surface area contributed by atoms with E-state index in [-0.39, 0.29) is 5.02 Å². The van der Waals surface area contributed by atoms with Crippen LogP contribution in [0.3, 0.4) is 0 Å². The van der Waals surface area contributed by atoms with E-state index < -0.39 is 5.82 Å². The van der Waals surface area contributed by atoms with Crippen LogP contribution in [0.15, 0.2) is 30.9 Å². The Balaban J connectivity index is 3.15. The van der Waals surface area contributed by atoms with Gasteiger partial charge in [0, 0.05) is 5.92 Å². The van der Waals surface area contributed by atoms with Crippen molar-refractivity contribution in [2.45, 2.75) is 6.92 Å². The van der Waals surface area contributed by atoms with Crippen LogP contribution in [0, 0.1) is 11.7 Å². The average Bonchev–Trinajstić information content (AvgIpc) is 2.08. The average molecular weight is 184 g/mol. The summed E-state index contributed by atoms with van der Waals surface area (Å²) >= 11 is 5.72. The molecule has 0 fully saturated rings. The molecule has 0 spiro atoms. The highest BCUT2D eigenvalue weighted by Crippen LogP contribution is 2.26. The van der Waals surface area contributed by atoms with Gasteiger partial charge in [0.2, 0.25) is 0 Å². The molecule has 0 unspecified atom stereocenters. The van der Waals surface area contributed by atoms with Crippen molar-refractivity contribution in [3.8, 4) is 0 Å². The zero-order valence-corrected chi connectivity index (χ0v) is 7.53. The highest BCUT2D eigenvalue weighted by atomic mass is 35.5. The standard InChI is InChI=1S/C10H9ClF/c1-3-7(2)8-5-4-6-9(12)10(8)11/h3-6H,1H2,2H3. The smallest absolute Gasteiger partial charge is 0.142 e. The molecule has 0 aromatic heterocycles. The molecule has 1 radical (unpaired) electrons. The Morgan fingerprint density at radius 1 is 1.58 bits per heavy atom. The lowest BCUT2D eigenvalue weighted by Crippen LogP contribution is -1.92. The molecule has 0 saturated heterocycles. The topological polar surface area (TPSA) is 0 Å². The van der Waals surface area contributed by atoms with Crippen molar-refractivity contribution in [2.75, 3.05) is 0 Å². The minimum atomic E-state index is -0.393. The molecule has 0 heterocycles. The molecule has 1 aromatic carbocycles. The molecule has 0 atom stereocenters. The van der Waals surface area contributed by atoms with Gasteiger partial charge in [-0.05, 0) is 11.6 Å². The molecular weight excluding hydrogens is 175 g/mol. The van der Waals surface area contributed by atoms with Crippen LogP contribution in [0.5, 0.6) is 0 Å². The maximum Gasteiger partial charge on any atom is 0.142 e. The fraction of sp³-hybridized carbons (Fsp3) is 0.100. The Labute approximate surface area is 76.7 Å². The third-order valence-corrected chi connectivity index (χ3v) is 2.07. The summed E-state index contributed by atoms with van der Waals surface area (Å²) < 4.78 is 12.9. The van der Waals surface area contributed by atoms with Crippen molar-refractivity contribution in [1.82, 2.24) is 0 Å². The first-order valence-corrected chi connectivity index (χ1v) is 3.95. The van der Waals surface area contributed by atoms with Crippen LogP contribution >= 0.6 is 11.6 Å². The van der Waals surface area contributed by atoms with Gasteiger partial charge in [0.05, 0.1) is 5.02 Å². The Morgan fingerprint density at radius 3 is 2.83 bits per heavy atom. The quantitative estimate of drug-likeness (QED) is 0.657. The van der Waals surface area contributed by atoms with Gasteiger partial charge in [0.1, 0.15) is 5.82 Å². The minimum Gasteiger partial charge on any atom is -0.205 e. The first-order valence-electron chi connectivity index (χ1n) is 3.57. The Bertz CT molecular complexity index is 294. The summed E-state index contributed by atoms with van der Waals surface area (Å²) in [5.74, 6) is 0.481. The number of hydrogen-bond donors (Lipinski definition) is 0. The summed E-state index contributed by atoms with van der Waals surface area (Å²) in [5, 5.41) is 0.162. The van der Waals surface area contributed by atoms with E-state index in [9.17, 15) is 4.39 Å². The summed E-state index contributed by atoms with van der Waals surface area (Å²) in [6, 6.07) is 4.73. The predicted molar refractivity (Wildman–Crippen MR) is 49.6 cm³/mol. The molecule has 0 bridgehead atoms. The number of allylic oxidation sites excluding steroid dienone is 1. The van der Waals surface area contributed by atoms with E-state index in [1.165, 1.54) is 6.07 Å². The van der Waals surface area contributed by atoms with Gasteiger partial charge >= 0.3 is 0 Å². The Hall–Kier alpha value is -0.820.